The average Bonchev–Trinajstić information content (AvgIpc) is 2.91. The van der Waals surface area contributed by atoms with Crippen LogP contribution in [0.4, 0.5) is 11.6 Å². The van der Waals surface area contributed by atoms with Gasteiger partial charge in [0.15, 0.2) is 5.82 Å². The lowest BCUT2D eigenvalue weighted by atomic mass is 10.1. The average molecular weight is 489 g/mol. The molecule has 0 unspecified atom stereocenters. The predicted molar refractivity (Wildman–Crippen MR) is 140 cm³/mol. The number of anilines is 2. The number of aromatic nitrogens is 2. The molecule has 0 radical (unpaired) electrons. The number of methoxy groups -OCH3 is 1. The Morgan fingerprint density at radius 3 is 2.39 bits per heavy atom. The second-order valence-electron chi connectivity index (χ2n) is 8.57. The number of nitrogens with zero attached hydrogens (tertiary/aromatic N) is 4. The Bertz CT molecular complexity index is 1180. The molecule has 2 amide bonds. The lowest BCUT2D eigenvalue weighted by molar-refractivity contribution is -0.130. The van der Waals surface area contributed by atoms with Crippen molar-refractivity contribution in [2.24, 2.45) is 0 Å². The Balaban J connectivity index is 1.44. The molecule has 1 fully saturated rings. The van der Waals surface area contributed by atoms with Crippen LogP contribution < -0.4 is 20.3 Å². The molecule has 2 heterocycles. The summed E-state index contributed by atoms with van der Waals surface area (Å²) in [5.74, 6) is 2.89. The number of para-hydroxylation sites is 1. The SMILES string of the molecule is COc1ccccc1CC(=O)N1CCN(c2cc(NCCNC(C)=O)nc(-c3ccccc3)n2)CC1. The van der Waals surface area contributed by atoms with Crippen LogP contribution in [0.1, 0.15) is 12.5 Å². The Morgan fingerprint density at radius 1 is 0.944 bits per heavy atom. The maximum absolute atomic E-state index is 13.0. The molecule has 0 aliphatic carbocycles. The van der Waals surface area contributed by atoms with E-state index in [1.54, 1.807) is 7.11 Å². The maximum atomic E-state index is 13.0. The third kappa shape index (κ3) is 6.50. The van der Waals surface area contributed by atoms with Crippen molar-refractivity contribution in [1.29, 1.82) is 0 Å². The first-order chi connectivity index (χ1) is 17.5. The van der Waals surface area contributed by atoms with Crippen molar-refractivity contribution in [2.45, 2.75) is 13.3 Å². The minimum atomic E-state index is -0.0664. The van der Waals surface area contributed by atoms with E-state index >= 15 is 0 Å². The van der Waals surface area contributed by atoms with Crippen LogP contribution in [0.2, 0.25) is 0 Å². The van der Waals surface area contributed by atoms with Gasteiger partial charge in [-0.25, -0.2) is 9.97 Å². The summed E-state index contributed by atoms with van der Waals surface area (Å²) in [6, 6.07) is 19.4. The van der Waals surface area contributed by atoms with Gasteiger partial charge in [0.05, 0.1) is 13.5 Å². The Hall–Kier alpha value is -4.14. The van der Waals surface area contributed by atoms with Crippen molar-refractivity contribution in [3.05, 3.63) is 66.2 Å². The van der Waals surface area contributed by atoms with Crippen LogP contribution in [0.25, 0.3) is 11.4 Å². The van der Waals surface area contributed by atoms with E-state index in [-0.39, 0.29) is 11.8 Å². The number of carbonyl (C=O) groups excluding carboxylic acids is 2. The molecule has 1 aromatic heterocycles. The number of hydrogen-bond acceptors (Lipinski definition) is 7. The smallest absolute Gasteiger partial charge is 0.227 e. The zero-order valence-corrected chi connectivity index (χ0v) is 20.7. The number of ether oxygens (including phenoxy) is 1. The van der Waals surface area contributed by atoms with E-state index in [0.29, 0.717) is 57.3 Å². The molecule has 0 bridgehead atoms. The van der Waals surface area contributed by atoms with Crippen LogP contribution >= 0.6 is 0 Å². The number of amides is 2. The molecular weight excluding hydrogens is 456 g/mol. The Labute approximate surface area is 211 Å². The van der Waals surface area contributed by atoms with Crippen LogP contribution in [0.3, 0.4) is 0 Å². The van der Waals surface area contributed by atoms with E-state index in [0.717, 1.165) is 22.7 Å². The summed E-state index contributed by atoms with van der Waals surface area (Å²) in [5, 5.41) is 6.07. The largest absolute Gasteiger partial charge is 0.496 e. The summed E-state index contributed by atoms with van der Waals surface area (Å²) in [7, 11) is 1.62. The molecule has 188 valence electrons. The summed E-state index contributed by atoms with van der Waals surface area (Å²) in [6.07, 6.45) is 0.318. The fourth-order valence-corrected chi connectivity index (χ4v) is 4.14. The molecule has 0 saturated carbocycles. The Morgan fingerprint density at radius 2 is 1.67 bits per heavy atom. The fraction of sp³-hybridized carbons (Fsp3) is 0.333. The van der Waals surface area contributed by atoms with Gasteiger partial charge in [-0.05, 0) is 6.07 Å². The Kier molecular flexibility index (Phi) is 8.33. The minimum Gasteiger partial charge on any atom is -0.496 e. The molecular formula is C27H32N6O3. The quantitative estimate of drug-likeness (QED) is 0.447. The highest BCUT2D eigenvalue weighted by Gasteiger charge is 2.23. The molecule has 1 aliphatic heterocycles. The van der Waals surface area contributed by atoms with Crippen molar-refractivity contribution in [3.8, 4) is 17.1 Å². The lowest BCUT2D eigenvalue weighted by Crippen LogP contribution is -2.49. The number of nitrogens with one attached hydrogen (secondary N) is 2. The summed E-state index contributed by atoms with van der Waals surface area (Å²) in [5.41, 5.74) is 1.82. The van der Waals surface area contributed by atoms with Gasteiger partial charge < -0.3 is 25.2 Å². The molecule has 36 heavy (non-hydrogen) atoms. The lowest BCUT2D eigenvalue weighted by Gasteiger charge is -2.35. The van der Waals surface area contributed by atoms with Crippen LogP contribution in [0.5, 0.6) is 5.75 Å². The molecule has 0 spiro atoms. The second-order valence-corrected chi connectivity index (χ2v) is 8.57. The first-order valence-electron chi connectivity index (χ1n) is 12.1. The number of hydrogen-bond donors (Lipinski definition) is 2. The third-order valence-electron chi connectivity index (χ3n) is 6.04. The van der Waals surface area contributed by atoms with Crippen molar-refractivity contribution in [2.75, 3.05) is 56.6 Å². The van der Waals surface area contributed by atoms with Gasteiger partial charge in [0, 0.05) is 63.4 Å². The van der Waals surface area contributed by atoms with E-state index in [2.05, 4.69) is 20.5 Å². The van der Waals surface area contributed by atoms with Crippen molar-refractivity contribution >= 4 is 23.5 Å². The zero-order valence-electron chi connectivity index (χ0n) is 20.7. The van der Waals surface area contributed by atoms with Gasteiger partial charge in [0.25, 0.3) is 0 Å². The second kappa shape index (κ2) is 12.0. The number of carbonyl (C=O) groups is 2. The van der Waals surface area contributed by atoms with Crippen LogP contribution in [-0.4, -0.2) is 73.1 Å². The van der Waals surface area contributed by atoms with E-state index in [4.69, 9.17) is 9.72 Å². The van der Waals surface area contributed by atoms with Crippen molar-refractivity contribution in [3.63, 3.8) is 0 Å². The van der Waals surface area contributed by atoms with E-state index < -0.39 is 0 Å². The number of benzene rings is 2. The molecule has 2 aromatic carbocycles. The van der Waals surface area contributed by atoms with Crippen molar-refractivity contribution < 1.29 is 14.3 Å². The first-order valence-corrected chi connectivity index (χ1v) is 12.1. The summed E-state index contributed by atoms with van der Waals surface area (Å²) in [6.45, 7) is 5.13. The summed E-state index contributed by atoms with van der Waals surface area (Å²) < 4.78 is 5.39. The zero-order chi connectivity index (χ0) is 25.3. The molecule has 0 atom stereocenters. The summed E-state index contributed by atoms with van der Waals surface area (Å²) in [4.78, 5) is 37.7. The number of rotatable bonds is 9. The molecule has 9 heteroatoms. The van der Waals surface area contributed by atoms with Gasteiger partial charge >= 0.3 is 0 Å². The highest BCUT2D eigenvalue weighted by molar-refractivity contribution is 5.80. The van der Waals surface area contributed by atoms with Crippen LogP contribution in [0, 0.1) is 0 Å². The maximum Gasteiger partial charge on any atom is 0.227 e. The van der Waals surface area contributed by atoms with Gasteiger partial charge in [-0.3, -0.25) is 9.59 Å². The molecule has 1 saturated heterocycles. The van der Waals surface area contributed by atoms with Crippen LogP contribution in [0.15, 0.2) is 60.7 Å². The van der Waals surface area contributed by atoms with E-state index in [9.17, 15) is 9.59 Å². The summed E-state index contributed by atoms with van der Waals surface area (Å²) >= 11 is 0. The topological polar surface area (TPSA) is 99.7 Å². The van der Waals surface area contributed by atoms with Gasteiger partial charge in [-0.2, -0.15) is 0 Å². The predicted octanol–water partition coefficient (Wildman–Crippen LogP) is 2.59. The third-order valence-corrected chi connectivity index (χ3v) is 6.04. The van der Waals surface area contributed by atoms with Crippen LogP contribution in [-0.2, 0) is 16.0 Å². The molecule has 3 aromatic rings. The molecule has 4 rings (SSSR count). The van der Waals surface area contributed by atoms with Gasteiger partial charge in [-0.15, -0.1) is 0 Å². The van der Waals surface area contributed by atoms with Gasteiger partial charge in [0.1, 0.15) is 17.4 Å². The standard InChI is InChI=1S/C27H32N6O3/c1-20(34)28-12-13-29-24-19-25(31-27(30-24)21-8-4-3-5-9-21)32-14-16-33(17-15-32)26(35)18-22-10-6-7-11-23(22)36-2/h3-11,19H,12-18H2,1-2H3,(H,28,34)(H,29,30,31). The number of piperazine rings is 1. The minimum absolute atomic E-state index is 0.0664. The van der Waals surface area contributed by atoms with E-state index in [1.165, 1.54) is 6.92 Å². The fourth-order valence-electron chi connectivity index (χ4n) is 4.14. The van der Waals surface area contributed by atoms with Gasteiger partial charge in [-0.1, -0.05) is 48.5 Å². The van der Waals surface area contributed by atoms with Crippen molar-refractivity contribution in [1.82, 2.24) is 20.2 Å². The molecule has 2 N–H and O–H groups in total. The van der Waals surface area contributed by atoms with E-state index in [1.807, 2.05) is 65.6 Å². The highest BCUT2D eigenvalue weighted by Crippen LogP contribution is 2.24. The first kappa shape index (κ1) is 25.0. The molecule has 1 aliphatic rings. The van der Waals surface area contributed by atoms with Gasteiger partial charge in [0.2, 0.25) is 11.8 Å². The normalized spacial score (nSPS) is 13.3. The highest BCUT2D eigenvalue weighted by atomic mass is 16.5. The monoisotopic (exact) mass is 488 g/mol. The molecule has 9 nitrogen and oxygen atoms in total.